The topological polar surface area (TPSA) is 106 Å². The zero-order valence-corrected chi connectivity index (χ0v) is 13.4. The minimum atomic E-state index is -3.58. The largest absolute Gasteiger partial charge is 0.397 e. The van der Waals surface area contributed by atoms with E-state index < -0.39 is 10.0 Å². The highest BCUT2D eigenvalue weighted by Gasteiger charge is 2.33. The Bertz CT molecular complexity index is 660. The van der Waals surface area contributed by atoms with E-state index in [4.69, 9.17) is 10.9 Å². The number of anilines is 2. The third-order valence-electron chi connectivity index (χ3n) is 3.29. The van der Waals surface area contributed by atoms with Crippen LogP contribution in [-0.2, 0) is 14.8 Å². The van der Waals surface area contributed by atoms with Gasteiger partial charge >= 0.3 is 0 Å². The first-order chi connectivity index (χ1) is 9.17. The molecule has 1 aliphatic rings. The van der Waals surface area contributed by atoms with Crippen LogP contribution in [0.15, 0.2) is 16.6 Å². The molecule has 110 valence electrons. The monoisotopic (exact) mass is 361 g/mol. The highest BCUT2D eigenvalue weighted by Crippen LogP contribution is 2.34. The molecule has 1 saturated heterocycles. The molecule has 1 amide bonds. The second-order valence-electron chi connectivity index (χ2n) is 5.06. The lowest BCUT2D eigenvalue weighted by atomic mass is 10.1. The van der Waals surface area contributed by atoms with E-state index in [-0.39, 0.29) is 24.0 Å². The number of carbonyl (C=O) groups is 1. The average molecular weight is 362 g/mol. The van der Waals surface area contributed by atoms with Crippen molar-refractivity contribution in [1.82, 2.24) is 0 Å². The van der Waals surface area contributed by atoms with Gasteiger partial charge in [-0.15, -0.1) is 0 Å². The standard InChI is InChI=1S/C12H16BrN3O3S/c1-7-2-9(13)4-10(12(7)14)16-5-8(3-11(16)17)6-20(15,18)19/h2,4,8H,3,5-6,14H2,1H3,(H2,15,18,19). The molecule has 0 aromatic heterocycles. The van der Waals surface area contributed by atoms with Gasteiger partial charge in [-0.2, -0.15) is 0 Å². The molecule has 1 fully saturated rings. The van der Waals surface area contributed by atoms with Crippen LogP contribution >= 0.6 is 15.9 Å². The number of amides is 1. The molecule has 1 unspecified atom stereocenters. The molecule has 20 heavy (non-hydrogen) atoms. The third-order valence-corrected chi connectivity index (χ3v) is 4.69. The third kappa shape index (κ3) is 3.31. The second kappa shape index (κ2) is 5.34. The first-order valence-corrected chi connectivity index (χ1v) is 8.54. The van der Waals surface area contributed by atoms with E-state index in [0.29, 0.717) is 17.9 Å². The number of nitrogens with zero attached hydrogens (tertiary/aromatic N) is 1. The molecule has 1 atom stereocenters. The van der Waals surface area contributed by atoms with Crippen LogP contribution in [0.3, 0.4) is 0 Å². The molecular formula is C12H16BrN3O3S. The van der Waals surface area contributed by atoms with E-state index >= 15 is 0 Å². The molecule has 1 heterocycles. The summed E-state index contributed by atoms with van der Waals surface area (Å²) < 4.78 is 23.1. The Balaban J connectivity index is 2.29. The number of nitrogens with two attached hydrogens (primary N) is 2. The molecule has 2 rings (SSSR count). The van der Waals surface area contributed by atoms with Crippen molar-refractivity contribution in [3.8, 4) is 0 Å². The smallest absolute Gasteiger partial charge is 0.227 e. The van der Waals surface area contributed by atoms with E-state index in [0.717, 1.165) is 10.0 Å². The molecule has 8 heteroatoms. The molecular weight excluding hydrogens is 346 g/mol. The van der Waals surface area contributed by atoms with Gasteiger partial charge in [-0.25, -0.2) is 13.6 Å². The van der Waals surface area contributed by atoms with Crippen molar-refractivity contribution in [3.05, 3.63) is 22.2 Å². The fourth-order valence-corrected chi connectivity index (χ4v) is 3.86. The Labute approximate surface area is 126 Å². The van der Waals surface area contributed by atoms with Gasteiger partial charge in [0.05, 0.1) is 17.1 Å². The summed E-state index contributed by atoms with van der Waals surface area (Å²) in [5.41, 5.74) is 8.00. The number of nitrogen functional groups attached to an aromatic ring is 1. The fourth-order valence-electron chi connectivity index (χ4n) is 2.41. The van der Waals surface area contributed by atoms with E-state index in [1.54, 1.807) is 6.07 Å². The maximum absolute atomic E-state index is 12.1. The van der Waals surface area contributed by atoms with Crippen molar-refractivity contribution in [1.29, 1.82) is 0 Å². The number of rotatable bonds is 3. The molecule has 0 spiro atoms. The SMILES string of the molecule is Cc1cc(Br)cc(N2CC(CS(N)(=O)=O)CC2=O)c1N. The number of aryl methyl sites for hydroxylation is 1. The summed E-state index contributed by atoms with van der Waals surface area (Å²) in [7, 11) is -3.58. The fraction of sp³-hybridized carbons (Fsp3) is 0.417. The summed E-state index contributed by atoms with van der Waals surface area (Å²) in [4.78, 5) is 13.6. The highest BCUT2D eigenvalue weighted by molar-refractivity contribution is 9.10. The van der Waals surface area contributed by atoms with Gasteiger partial charge in [0.2, 0.25) is 15.9 Å². The van der Waals surface area contributed by atoms with E-state index in [2.05, 4.69) is 15.9 Å². The van der Waals surface area contributed by atoms with Crippen molar-refractivity contribution >= 4 is 43.2 Å². The summed E-state index contributed by atoms with van der Waals surface area (Å²) in [6, 6.07) is 3.63. The molecule has 0 bridgehead atoms. The number of halogens is 1. The lowest BCUT2D eigenvalue weighted by molar-refractivity contribution is -0.117. The predicted molar refractivity (Wildman–Crippen MR) is 81.7 cm³/mol. The van der Waals surface area contributed by atoms with Crippen LogP contribution in [-0.4, -0.2) is 26.6 Å². The average Bonchev–Trinajstić information content (AvgIpc) is 2.62. The highest BCUT2D eigenvalue weighted by atomic mass is 79.9. The molecule has 1 aromatic carbocycles. The number of hydrogen-bond donors (Lipinski definition) is 2. The van der Waals surface area contributed by atoms with Crippen molar-refractivity contribution < 1.29 is 13.2 Å². The number of primary sulfonamides is 1. The van der Waals surface area contributed by atoms with Crippen LogP contribution in [0, 0.1) is 12.8 Å². The van der Waals surface area contributed by atoms with E-state index in [1.807, 2.05) is 13.0 Å². The van der Waals surface area contributed by atoms with Gasteiger partial charge in [-0.05, 0) is 24.6 Å². The maximum atomic E-state index is 12.1. The molecule has 1 aliphatic heterocycles. The van der Waals surface area contributed by atoms with Gasteiger partial charge in [0.1, 0.15) is 0 Å². The number of hydrogen-bond acceptors (Lipinski definition) is 4. The Morgan fingerprint density at radius 3 is 2.70 bits per heavy atom. The number of carbonyl (C=O) groups excluding carboxylic acids is 1. The van der Waals surface area contributed by atoms with Gasteiger partial charge in [0.15, 0.2) is 0 Å². The van der Waals surface area contributed by atoms with Crippen LogP contribution in [0.25, 0.3) is 0 Å². The summed E-state index contributed by atoms with van der Waals surface area (Å²) in [6.07, 6.45) is 0.168. The first kappa shape index (κ1) is 15.3. The number of sulfonamides is 1. The maximum Gasteiger partial charge on any atom is 0.227 e. The molecule has 0 saturated carbocycles. The second-order valence-corrected chi connectivity index (χ2v) is 7.63. The van der Waals surface area contributed by atoms with Crippen LogP contribution in [0.5, 0.6) is 0 Å². The number of benzene rings is 1. The normalized spacial score (nSPS) is 19.6. The Kier molecular flexibility index (Phi) is 4.08. The van der Waals surface area contributed by atoms with Crippen LogP contribution < -0.4 is 15.8 Å². The van der Waals surface area contributed by atoms with Gasteiger partial charge in [-0.3, -0.25) is 4.79 Å². The minimum absolute atomic E-state index is 0.136. The van der Waals surface area contributed by atoms with Crippen LogP contribution in [0.2, 0.25) is 0 Å². The Hall–Kier alpha value is -1.12. The minimum Gasteiger partial charge on any atom is -0.397 e. The molecule has 1 aromatic rings. The van der Waals surface area contributed by atoms with Crippen molar-refractivity contribution in [3.63, 3.8) is 0 Å². The predicted octanol–water partition coefficient (Wildman–Crippen LogP) is 0.981. The zero-order chi connectivity index (χ0) is 15.1. The quantitative estimate of drug-likeness (QED) is 0.782. The summed E-state index contributed by atoms with van der Waals surface area (Å²) in [5, 5.41) is 5.03. The van der Waals surface area contributed by atoms with E-state index in [9.17, 15) is 13.2 Å². The lowest BCUT2D eigenvalue weighted by Gasteiger charge is -2.20. The van der Waals surface area contributed by atoms with Crippen LogP contribution in [0.1, 0.15) is 12.0 Å². The Morgan fingerprint density at radius 2 is 2.10 bits per heavy atom. The lowest BCUT2D eigenvalue weighted by Crippen LogP contribution is -2.28. The van der Waals surface area contributed by atoms with Gasteiger partial charge in [0.25, 0.3) is 0 Å². The first-order valence-electron chi connectivity index (χ1n) is 6.04. The summed E-state index contributed by atoms with van der Waals surface area (Å²) >= 11 is 3.37. The van der Waals surface area contributed by atoms with Gasteiger partial charge < -0.3 is 10.6 Å². The Morgan fingerprint density at radius 1 is 1.45 bits per heavy atom. The van der Waals surface area contributed by atoms with Gasteiger partial charge in [0, 0.05) is 23.4 Å². The van der Waals surface area contributed by atoms with E-state index in [1.165, 1.54) is 4.90 Å². The molecule has 0 radical (unpaired) electrons. The van der Waals surface area contributed by atoms with Crippen molar-refractivity contribution in [2.24, 2.45) is 11.1 Å². The summed E-state index contributed by atoms with van der Waals surface area (Å²) in [6.45, 7) is 2.17. The molecule has 4 N–H and O–H groups in total. The van der Waals surface area contributed by atoms with Gasteiger partial charge in [-0.1, -0.05) is 15.9 Å². The van der Waals surface area contributed by atoms with Crippen LogP contribution in [0.4, 0.5) is 11.4 Å². The molecule has 6 nitrogen and oxygen atoms in total. The van der Waals surface area contributed by atoms with Crippen molar-refractivity contribution in [2.75, 3.05) is 22.9 Å². The van der Waals surface area contributed by atoms with Crippen molar-refractivity contribution in [2.45, 2.75) is 13.3 Å². The molecule has 0 aliphatic carbocycles. The zero-order valence-electron chi connectivity index (χ0n) is 11.0. The summed E-state index contributed by atoms with van der Waals surface area (Å²) in [5.74, 6) is -0.624.